The number of aromatic amines is 2. The first-order valence-electron chi connectivity index (χ1n) is 5.96. The third kappa shape index (κ3) is 2.97. The van der Waals surface area contributed by atoms with Crippen LogP contribution in [0.25, 0.3) is 0 Å². The van der Waals surface area contributed by atoms with E-state index in [9.17, 15) is 9.59 Å². The Hall–Kier alpha value is -2.77. The zero-order chi connectivity index (χ0) is 14.7. The van der Waals surface area contributed by atoms with Crippen LogP contribution in [0.5, 0.6) is 0 Å². The van der Waals surface area contributed by atoms with E-state index in [4.69, 9.17) is 5.11 Å². The van der Waals surface area contributed by atoms with Crippen molar-refractivity contribution < 1.29 is 14.7 Å². The molecule has 0 spiro atoms. The number of hydrogen-bond acceptors (Lipinski definition) is 3. The number of aromatic nitrogens is 3. The van der Waals surface area contributed by atoms with Gasteiger partial charge in [0.05, 0.1) is 17.9 Å². The van der Waals surface area contributed by atoms with Gasteiger partial charge in [-0.15, -0.1) is 0 Å². The van der Waals surface area contributed by atoms with Crippen molar-refractivity contribution in [3.8, 4) is 0 Å². The molecule has 2 rings (SSSR count). The van der Waals surface area contributed by atoms with Crippen LogP contribution in [0.2, 0.25) is 0 Å². The summed E-state index contributed by atoms with van der Waals surface area (Å²) < 4.78 is 0. The maximum absolute atomic E-state index is 11.8. The Bertz CT molecular complexity index is 617. The van der Waals surface area contributed by atoms with Crippen molar-refractivity contribution in [1.82, 2.24) is 20.5 Å². The highest BCUT2D eigenvalue weighted by atomic mass is 16.4. The number of hydrogen-bond donors (Lipinski definition) is 5. The van der Waals surface area contributed by atoms with Crippen molar-refractivity contribution in [2.45, 2.75) is 19.9 Å². The largest absolute Gasteiger partial charge is 0.477 e. The number of carbonyl (C=O) groups is 2. The van der Waals surface area contributed by atoms with Crippen LogP contribution in [0.3, 0.4) is 0 Å². The van der Waals surface area contributed by atoms with Gasteiger partial charge in [0.25, 0.3) is 0 Å². The van der Waals surface area contributed by atoms with Gasteiger partial charge in [0.1, 0.15) is 5.69 Å². The van der Waals surface area contributed by atoms with E-state index in [1.807, 2.05) is 0 Å². The SMILES string of the molecule is Cc1cc(NC(=O)NC(C)c2cn[nH]c2)c(C(=O)O)[nH]1. The average Bonchev–Trinajstić information content (AvgIpc) is 2.98. The van der Waals surface area contributed by atoms with Crippen molar-refractivity contribution in [2.75, 3.05) is 5.32 Å². The first-order valence-corrected chi connectivity index (χ1v) is 5.96. The Morgan fingerprint density at radius 3 is 2.80 bits per heavy atom. The molecule has 20 heavy (non-hydrogen) atoms. The first kappa shape index (κ1) is 13.7. The van der Waals surface area contributed by atoms with E-state index in [1.54, 1.807) is 32.3 Å². The highest BCUT2D eigenvalue weighted by molar-refractivity contribution is 5.99. The Labute approximate surface area is 114 Å². The lowest BCUT2D eigenvalue weighted by molar-refractivity contribution is 0.0692. The minimum absolute atomic E-state index is 0.0476. The highest BCUT2D eigenvalue weighted by Crippen LogP contribution is 2.17. The van der Waals surface area contributed by atoms with Crippen molar-refractivity contribution >= 4 is 17.7 Å². The third-order valence-corrected chi connectivity index (χ3v) is 2.78. The number of carbonyl (C=O) groups excluding carboxylic acids is 1. The normalized spacial score (nSPS) is 11.9. The second-order valence-electron chi connectivity index (χ2n) is 4.40. The number of rotatable bonds is 4. The Morgan fingerprint density at radius 2 is 2.20 bits per heavy atom. The first-order chi connectivity index (χ1) is 9.47. The molecule has 0 aliphatic rings. The molecular formula is C12H15N5O3. The second-order valence-corrected chi connectivity index (χ2v) is 4.40. The zero-order valence-electron chi connectivity index (χ0n) is 11.0. The number of carboxylic acid groups (broad SMARTS) is 1. The van der Waals surface area contributed by atoms with Crippen molar-refractivity contribution in [2.24, 2.45) is 0 Å². The van der Waals surface area contributed by atoms with Gasteiger partial charge < -0.3 is 20.7 Å². The lowest BCUT2D eigenvalue weighted by atomic mass is 10.2. The molecule has 5 N–H and O–H groups in total. The standard InChI is InChI=1S/C12H15N5O3/c1-6-3-9(10(15-6)11(18)19)17-12(20)16-7(2)8-4-13-14-5-8/h3-5,7,15H,1-2H3,(H,13,14)(H,18,19)(H2,16,17,20). The summed E-state index contributed by atoms with van der Waals surface area (Å²) in [6, 6.07) is 0.827. The zero-order valence-corrected chi connectivity index (χ0v) is 11.0. The fraction of sp³-hybridized carbons (Fsp3) is 0.250. The molecule has 0 fully saturated rings. The number of urea groups is 1. The van der Waals surface area contributed by atoms with Crippen LogP contribution in [0.1, 0.15) is 34.7 Å². The molecule has 0 radical (unpaired) electrons. The number of H-pyrrole nitrogens is 2. The van der Waals surface area contributed by atoms with Gasteiger partial charge in [-0.25, -0.2) is 9.59 Å². The molecule has 0 saturated carbocycles. The molecule has 2 amide bonds. The maximum Gasteiger partial charge on any atom is 0.354 e. The number of amides is 2. The molecule has 0 saturated heterocycles. The van der Waals surface area contributed by atoms with Crippen LogP contribution in [0.15, 0.2) is 18.5 Å². The molecule has 2 aromatic heterocycles. The van der Waals surface area contributed by atoms with Crippen molar-refractivity contribution in [3.05, 3.63) is 35.4 Å². The lowest BCUT2D eigenvalue weighted by Gasteiger charge is -2.12. The van der Waals surface area contributed by atoms with E-state index in [2.05, 4.69) is 25.8 Å². The van der Waals surface area contributed by atoms with Gasteiger partial charge >= 0.3 is 12.0 Å². The van der Waals surface area contributed by atoms with Gasteiger partial charge in [-0.3, -0.25) is 5.10 Å². The molecule has 106 valence electrons. The van der Waals surface area contributed by atoms with Crippen LogP contribution >= 0.6 is 0 Å². The van der Waals surface area contributed by atoms with Gasteiger partial charge in [-0.05, 0) is 19.9 Å². The number of aromatic carboxylic acids is 1. The minimum atomic E-state index is -1.13. The van der Waals surface area contributed by atoms with E-state index in [1.165, 1.54) is 0 Å². The molecule has 0 aliphatic carbocycles. The van der Waals surface area contributed by atoms with E-state index in [-0.39, 0.29) is 17.4 Å². The van der Waals surface area contributed by atoms with E-state index < -0.39 is 12.0 Å². The number of nitrogens with one attached hydrogen (secondary N) is 4. The maximum atomic E-state index is 11.8. The van der Waals surface area contributed by atoms with Gasteiger partial charge in [0, 0.05) is 17.5 Å². The molecule has 8 heteroatoms. The van der Waals surface area contributed by atoms with E-state index >= 15 is 0 Å². The predicted octanol–water partition coefficient (Wildman–Crippen LogP) is 1.63. The second kappa shape index (κ2) is 5.47. The quantitative estimate of drug-likeness (QED) is 0.582. The average molecular weight is 277 g/mol. The molecule has 8 nitrogen and oxygen atoms in total. The van der Waals surface area contributed by atoms with Crippen LogP contribution in [0.4, 0.5) is 10.5 Å². The van der Waals surface area contributed by atoms with Crippen LogP contribution < -0.4 is 10.6 Å². The summed E-state index contributed by atoms with van der Waals surface area (Å²) in [4.78, 5) is 25.5. The van der Waals surface area contributed by atoms with Gasteiger partial charge in [-0.1, -0.05) is 0 Å². The van der Waals surface area contributed by atoms with Gasteiger partial charge in [0.15, 0.2) is 0 Å². The van der Waals surface area contributed by atoms with E-state index in [0.29, 0.717) is 5.69 Å². The summed E-state index contributed by atoms with van der Waals surface area (Å²) >= 11 is 0. The topological polar surface area (TPSA) is 123 Å². The monoisotopic (exact) mass is 277 g/mol. The summed E-state index contributed by atoms with van der Waals surface area (Å²) in [5, 5.41) is 20.7. The molecule has 0 aliphatic heterocycles. The van der Waals surface area contributed by atoms with Gasteiger partial charge in [-0.2, -0.15) is 5.10 Å². The summed E-state index contributed by atoms with van der Waals surface area (Å²) in [6.45, 7) is 3.51. The van der Waals surface area contributed by atoms with Crippen molar-refractivity contribution in [1.29, 1.82) is 0 Å². The van der Waals surface area contributed by atoms with Crippen LogP contribution in [-0.2, 0) is 0 Å². The van der Waals surface area contributed by atoms with Gasteiger partial charge in [0.2, 0.25) is 0 Å². The summed E-state index contributed by atoms with van der Waals surface area (Å²) in [7, 11) is 0. The summed E-state index contributed by atoms with van der Waals surface area (Å²) in [5.41, 5.74) is 1.66. The smallest absolute Gasteiger partial charge is 0.354 e. The number of aryl methyl sites for hydroxylation is 1. The fourth-order valence-corrected chi connectivity index (χ4v) is 1.79. The molecular weight excluding hydrogens is 262 g/mol. The molecule has 2 heterocycles. The lowest BCUT2D eigenvalue weighted by Crippen LogP contribution is -2.31. The molecule has 1 unspecified atom stereocenters. The summed E-state index contributed by atoms with van der Waals surface area (Å²) in [5.74, 6) is -1.13. The van der Waals surface area contributed by atoms with Crippen LogP contribution in [-0.4, -0.2) is 32.3 Å². The Balaban J connectivity index is 2.03. The third-order valence-electron chi connectivity index (χ3n) is 2.78. The number of anilines is 1. The molecule has 0 bridgehead atoms. The Morgan fingerprint density at radius 1 is 1.45 bits per heavy atom. The van der Waals surface area contributed by atoms with E-state index in [0.717, 1.165) is 5.56 Å². The Kier molecular flexibility index (Phi) is 3.74. The minimum Gasteiger partial charge on any atom is -0.477 e. The fourth-order valence-electron chi connectivity index (χ4n) is 1.79. The molecule has 1 atom stereocenters. The van der Waals surface area contributed by atoms with Crippen LogP contribution in [0, 0.1) is 6.92 Å². The summed E-state index contributed by atoms with van der Waals surface area (Å²) in [6.07, 6.45) is 3.28. The number of nitrogens with zero attached hydrogens (tertiary/aromatic N) is 1. The molecule has 2 aromatic rings. The number of carboxylic acids is 1. The predicted molar refractivity (Wildman–Crippen MR) is 71.6 cm³/mol. The highest BCUT2D eigenvalue weighted by Gasteiger charge is 2.16. The molecule has 0 aromatic carbocycles. The van der Waals surface area contributed by atoms with Crippen molar-refractivity contribution in [3.63, 3.8) is 0 Å².